The van der Waals surface area contributed by atoms with Gasteiger partial charge in [-0.15, -0.1) is 0 Å². The molecule has 2 aromatic carbocycles. The smallest absolute Gasteiger partial charge is 0.326 e. The average Bonchev–Trinajstić information content (AvgIpc) is 2.68. The van der Waals surface area contributed by atoms with Gasteiger partial charge in [0.05, 0.1) is 0 Å². The first-order valence-corrected chi connectivity index (χ1v) is 9.49. The zero-order chi connectivity index (χ0) is 18.5. The molecule has 0 atom stereocenters. The van der Waals surface area contributed by atoms with Gasteiger partial charge in [-0.2, -0.15) is 0 Å². The van der Waals surface area contributed by atoms with Crippen molar-refractivity contribution in [2.24, 2.45) is 0 Å². The third-order valence-electron chi connectivity index (χ3n) is 4.54. The molecule has 5 nitrogen and oxygen atoms in total. The molecular weight excluding hydrogens is 561 g/mol. The monoisotopic (exact) mass is 583 g/mol. The van der Waals surface area contributed by atoms with Crippen LogP contribution in [0.25, 0.3) is 0 Å². The summed E-state index contributed by atoms with van der Waals surface area (Å²) in [6.07, 6.45) is 0. The van der Waals surface area contributed by atoms with E-state index in [1.54, 1.807) is 11.9 Å². The van der Waals surface area contributed by atoms with E-state index in [1.165, 1.54) is 0 Å². The Kier molecular flexibility index (Phi) is 8.60. The normalized spacial score (nSPS) is 14.6. The third-order valence-corrected chi connectivity index (χ3v) is 5.14. The van der Waals surface area contributed by atoms with E-state index in [0.717, 1.165) is 43.2 Å². The summed E-state index contributed by atoms with van der Waals surface area (Å²) in [5, 5.41) is 2.88. The Hall–Kier alpha value is -1.09. The molecule has 1 N–H and O–H groups in total. The Morgan fingerprint density at radius 1 is 1.00 bits per heavy atom. The Bertz CT molecular complexity index is 722. The first-order valence-electron chi connectivity index (χ1n) is 8.55. The maximum atomic E-state index is 12.4. The molecule has 0 saturated carbocycles. The van der Waals surface area contributed by atoms with Crippen LogP contribution in [0, 0.1) is 0 Å². The molecule has 27 heavy (non-hydrogen) atoms. The van der Waals surface area contributed by atoms with Gasteiger partial charge in [0.25, 0.3) is 0 Å². The van der Waals surface area contributed by atoms with Gasteiger partial charge < -0.3 is 40.4 Å². The number of piperazine rings is 1. The van der Waals surface area contributed by atoms with Gasteiger partial charge in [0.1, 0.15) is 0 Å². The third kappa shape index (κ3) is 5.94. The van der Waals surface area contributed by atoms with E-state index in [9.17, 15) is 4.79 Å². The van der Waals surface area contributed by atoms with Crippen LogP contribution in [0.3, 0.4) is 0 Å². The number of carbonyl (C=O) groups excluding carboxylic acids is 1. The minimum atomic E-state index is -0.226. The summed E-state index contributed by atoms with van der Waals surface area (Å²) >= 11 is 10.3. The predicted octanol–water partition coefficient (Wildman–Crippen LogP) is 2.85. The molecule has 0 spiro atoms. The minimum absolute atomic E-state index is 0. The van der Waals surface area contributed by atoms with Crippen molar-refractivity contribution in [3.8, 4) is 0 Å². The molecule has 1 aliphatic rings. The number of amides is 2. The molecule has 149 valence electrons. The van der Waals surface area contributed by atoms with Crippen LogP contribution in [0.2, 0.25) is 0 Å². The number of para-hydroxylation sites is 1. The van der Waals surface area contributed by atoms with Crippen molar-refractivity contribution in [1.29, 1.82) is 0 Å². The summed E-state index contributed by atoms with van der Waals surface area (Å²) in [5.41, 5.74) is 2.77. The van der Waals surface area contributed by atoms with Crippen molar-refractivity contribution in [1.82, 2.24) is 4.90 Å². The Balaban J connectivity index is 0.00000261. The van der Waals surface area contributed by atoms with E-state index in [4.69, 9.17) is 25.3 Å². The van der Waals surface area contributed by atoms with Crippen LogP contribution < -0.4 is 15.1 Å². The van der Waals surface area contributed by atoms with Gasteiger partial charge in [-0.1, -0.05) is 18.2 Å². The average molecular weight is 584 g/mol. The summed E-state index contributed by atoms with van der Waals surface area (Å²) in [5.74, 6) is 0. The summed E-state index contributed by atoms with van der Waals surface area (Å²) < 4.78 is -0.226. The number of benzene rings is 2. The topological polar surface area (TPSA) is 38.8 Å². The predicted molar refractivity (Wildman–Crippen MR) is 113 cm³/mol. The second-order valence-corrected chi connectivity index (χ2v) is 7.39. The standard InChI is InChI=1S/C19H24N4OS2.Au/c1-21(18(24)20-15-5-3-2-4-6-15)16-7-9-17(10-8-16)22-11-13-23(14-12-22)19(25)26;/h2-10,19,25-26H,11-14H2,1H3,(H,20,24);/p-2. The van der Waals surface area contributed by atoms with Gasteiger partial charge in [0, 0.05) is 72.7 Å². The number of hydrogen-bond acceptors (Lipinski definition) is 5. The molecule has 1 radical (unpaired) electrons. The molecule has 0 aromatic heterocycles. The van der Waals surface area contributed by atoms with Gasteiger partial charge in [-0.25, -0.2) is 9.50 Å². The van der Waals surface area contributed by atoms with Crippen molar-refractivity contribution < 1.29 is 27.2 Å². The fourth-order valence-corrected chi connectivity index (χ4v) is 3.35. The van der Waals surface area contributed by atoms with Crippen molar-refractivity contribution in [2.45, 2.75) is 4.71 Å². The molecule has 1 aliphatic heterocycles. The van der Waals surface area contributed by atoms with Crippen LogP contribution in [0.1, 0.15) is 0 Å². The van der Waals surface area contributed by atoms with Crippen LogP contribution in [0.4, 0.5) is 21.9 Å². The first kappa shape index (κ1) is 22.2. The van der Waals surface area contributed by atoms with E-state index in [1.807, 2.05) is 42.5 Å². The van der Waals surface area contributed by atoms with Gasteiger partial charge in [0.15, 0.2) is 0 Å². The van der Waals surface area contributed by atoms with E-state index in [0.29, 0.717) is 0 Å². The summed E-state index contributed by atoms with van der Waals surface area (Å²) in [6, 6.07) is 17.3. The van der Waals surface area contributed by atoms with E-state index < -0.39 is 0 Å². The molecule has 1 saturated heterocycles. The summed E-state index contributed by atoms with van der Waals surface area (Å²) in [6.45, 7) is 3.60. The van der Waals surface area contributed by atoms with Crippen LogP contribution >= 0.6 is 0 Å². The molecule has 1 fully saturated rings. The molecule has 0 aliphatic carbocycles. The van der Waals surface area contributed by atoms with Crippen molar-refractivity contribution in [3.05, 3.63) is 54.6 Å². The Labute approximate surface area is 187 Å². The van der Waals surface area contributed by atoms with E-state index >= 15 is 0 Å². The second-order valence-electron chi connectivity index (χ2n) is 6.20. The van der Waals surface area contributed by atoms with Crippen molar-refractivity contribution in [3.63, 3.8) is 0 Å². The molecule has 2 amide bonds. The van der Waals surface area contributed by atoms with Crippen LogP contribution in [0.5, 0.6) is 0 Å². The SMILES string of the molecule is CN(C(=O)Nc1ccccc1)c1ccc(N2CCN(C([S-])[S-])CC2)cc1.[Au]. The molecule has 3 rings (SSSR count). The van der Waals surface area contributed by atoms with Gasteiger partial charge in [0.2, 0.25) is 0 Å². The zero-order valence-corrected chi connectivity index (χ0v) is 18.8. The molecular formula is C19H22AuN4OS2-2. The van der Waals surface area contributed by atoms with Crippen molar-refractivity contribution in [2.75, 3.05) is 48.3 Å². The van der Waals surface area contributed by atoms with Gasteiger partial charge in [-0.05, 0) is 36.4 Å². The maximum Gasteiger partial charge on any atom is 0.326 e. The van der Waals surface area contributed by atoms with E-state index in [-0.39, 0.29) is 33.1 Å². The Morgan fingerprint density at radius 2 is 1.59 bits per heavy atom. The number of hydrogen-bond donors (Lipinski definition) is 1. The molecule has 1 heterocycles. The number of rotatable bonds is 4. The number of anilines is 3. The van der Waals surface area contributed by atoms with Crippen molar-refractivity contribution >= 4 is 48.4 Å². The largest absolute Gasteiger partial charge is 0.800 e. The first-order chi connectivity index (χ1) is 12.5. The summed E-state index contributed by atoms with van der Waals surface area (Å²) in [4.78, 5) is 18.4. The van der Waals surface area contributed by atoms with Crippen LogP contribution in [-0.4, -0.2) is 48.9 Å². The number of urea groups is 1. The molecule has 0 bridgehead atoms. The minimum Gasteiger partial charge on any atom is -0.800 e. The molecule has 8 heteroatoms. The molecule has 0 unspecified atom stereocenters. The quantitative estimate of drug-likeness (QED) is 0.443. The van der Waals surface area contributed by atoms with Crippen LogP contribution in [0.15, 0.2) is 54.6 Å². The Morgan fingerprint density at radius 3 is 2.15 bits per heavy atom. The van der Waals surface area contributed by atoms with E-state index in [2.05, 4.69) is 27.2 Å². The zero-order valence-electron chi connectivity index (χ0n) is 15.0. The maximum absolute atomic E-state index is 12.4. The van der Waals surface area contributed by atoms with Gasteiger partial charge >= 0.3 is 6.03 Å². The fourth-order valence-electron chi connectivity index (χ4n) is 2.92. The van der Waals surface area contributed by atoms with Crippen LogP contribution in [-0.2, 0) is 47.6 Å². The second kappa shape index (κ2) is 10.5. The fraction of sp³-hybridized carbons (Fsp3) is 0.316. The number of nitrogens with zero attached hydrogens (tertiary/aromatic N) is 3. The van der Waals surface area contributed by atoms with Gasteiger partial charge in [-0.3, -0.25) is 4.90 Å². The molecule has 2 aromatic rings. The number of carbonyl (C=O) groups is 1. The summed E-state index contributed by atoms with van der Waals surface area (Å²) in [7, 11) is 1.76. The number of nitrogens with one attached hydrogen (secondary N) is 1.